The van der Waals surface area contributed by atoms with Crippen LogP contribution in [0.1, 0.15) is 19.8 Å². The van der Waals surface area contributed by atoms with Crippen LogP contribution in [0, 0.1) is 0 Å². The van der Waals surface area contributed by atoms with Gasteiger partial charge in [0.05, 0.1) is 0 Å². The maximum absolute atomic E-state index is 4.51. The highest BCUT2D eigenvalue weighted by Gasteiger charge is 2.30. The molecule has 3 heterocycles. The van der Waals surface area contributed by atoms with E-state index in [0.29, 0.717) is 0 Å². The number of nitrogens with zero attached hydrogens (tertiary/aromatic N) is 3. The van der Waals surface area contributed by atoms with Crippen molar-refractivity contribution in [1.82, 2.24) is 19.9 Å². The average molecular weight is 279 g/mol. The van der Waals surface area contributed by atoms with Crippen LogP contribution in [-0.2, 0) is 5.54 Å². The van der Waals surface area contributed by atoms with Crippen LogP contribution >= 0.6 is 12.4 Å². The fourth-order valence-corrected chi connectivity index (χ4v) is 2.65. The van der Waals surface area contributed by atoms with E-state index in [1.165, 1.54) is 0 Å². The van der Waals surface area contributed by atoms with Gasteiger partial charge in [-0.3, -0.25) is 4.98 Å². The lowest BCUT2D eigenvalue weighted by Gasteiger charge is -2.36. The van der Waals surface area contributed by atoms with Gasteiger partial charge in [-0.1, -0.05) is 0 Å². The molecule has 4 nitrogen and oxygen atoms in total. The molecule has 0 aliphatic carbocycles. The molecular weight excluding hydrogens is 260 g/mol. The second kappa shape index (κ2) is 5.72. The van der Waals surface area contributed by atoms with Crippen molar-refractivity contribution in [2.45, 2.75) is 25.3 Å². The molecule has 2 aromatic rings. The zero-order valence-electron chi connectivity index (χ0n) is 11.0. The van der Waals surface area contributed by atoms with E-state index in [1.807, 2.05) is 18.5 Å². The minimum atomic E-state index is 0. The predicted octanol–water partition coefficient (Wildman–Crippen LogP) is 2.47. The van der Waals surface area contributed by atoms with Crippen LogP contribution in [0.3, 0.4) is 0 Å². The third-order valence-electron chi connectivity index (χ3n) is 3.82. The normalized spacial score (nSPS) is 17.7. The molecule has 0 aromatic carbocycles. The first-order chi connectivity index (χ1) is 8.80. The van der Waals surface area contributed by atoms with Gasteiger partial charge in [-0.15, -0.1) is 12.4 Å². The van der Waals surface area contributed by atoms with Gasteiger partial charge in [-0.2, -0.15) is 0 Å². The molecule has 1 aliphatic rings. The highest BCUT2D eigenvalue weighted by Crippen LogP contribution is 2.31. The molecule has 3 rings (SSSR count). The molecule has 102 valence electrons. The molecule has 1 fully saturated rings. The van der Waals surface area contributed by atoms with Crippen LogP contribution in [-0.4, -0.2) is 27.6 Å². The van der Waals surface area contributed by atoms with Gasteiger partial charge in [-0.05, 0) is 45.0 Å². The molecule has 0 amide bonds. The first-order valence-corrected chi connectivity index (χ1v) is 6.45. The Balaban J connectivity index is 0.00000133. The SMILES string of the molecule is CC1(n2ccnc2-c2cccnc2)CCNCC1.Cl. The van der Waals surface area contributed by atoms with Crippen molar-refractivity contribution < 1.29 is 0 Å². The van der Waals surface area contributed by atoms with Crippen molar-refractivity contribution >= 4 is 12.4 Å². The molecule has 1 aliphatic heterocycles. The number of rotatable bonds is 2. The first kappa shape index (κ1) is 14.0. The van der Waals surface area contributed by atoms with Crippen LogP contribution in [0.5, 0.6) is 0 Å². The minimum absolute atomic E-state index is 0. The summed E-state index contributed by atoms with van der Waals surface area (Å²) in [4.78, 5) is 8.69. The summed E-state index contributed by atoms with van der Waals surface area (Å²) in [6.07, 6.45) is 9.92. The van der Waals surface area contributed by atoms with Crippen LogP contribution in [0.4, 0.5) is 0 Å². The third kappa shape index (κ3) is 2.65. The molecule has 5 heteroatoms. The zero-order chi connectivity index (χ0) is 12.4. The summed E-state index contributed by atoms with van der Waals surface area (Å²) in [6, 6.07) is 4.02. The number of aromatic nitrogens is 3. The van der Waals surface area contributed by atoms with Gasteiger partial charge in [0.15, 0.2) is 0 Å². The average Bonchev–Trinajstić information content (AvgIpc) is 2.91. The van der Waals surface area contributed by atoms with E-state index in [1.54, 1.807) is 6.20 Å². The van der Waals surface area contributed by atoms with Gasteiger partial charge in [0.1, 0.15) is 5.82 Å². The minimum Gasteiger partial charge on any atom is -0.325 e. The topological polar surface area (TPSA) is 42.7 Å². The monoisotopic (exact) mass is 278 g/mol. The Hall–Kier alpha value is -1.39. The van der Waals surface area contributed by atoms with Crippen molar-refractivity contribution in [3.8, 4) is 11.4 Å². The third-order valence-corrected chi connectivity index (χ3v) is 3.82. The van der Waals surface area contributed by atoms with E-state index in [4.69, 9.17) is 0 Å². The number of hydrogen-bond donors (Lipinski definition) is 1. The number of piperidine rings is 1. The van der Waals surface area contributed by atoms with Gasteiger partial charge in [-0.25, -0.2) is 4.98 Å². The predicted molar refractivity (Wildman–Crippen MR) is 78.5 cm³/mol. The molecular formula is C14H19ClN4. The standard InChI is InChI=1S/C14H18N4.ClH/c1-14(4-7-15-8-5-14)18-10-9-17-13(18)12-3-2-6-16-11-12;/h2-3,6,9-11,15H,4-5,7-8H2,1H3;1H. The molecule has 1 saturated heterocycles. The summed E-state index contributed by atoms with van der Waals surface area (Å²) >= 11 is 0. The molecule has 0 atom stereocenters. The van der Waals surface area contributed by atoms with Crippen molar-refractivity contribution in [2.24, 2.45) is 0 Å². The second-order valence-electron chi connectivity index (χ2n) is 5.11. The zero-order valence-corrected chi connectivity index (χ0v) is 11.9. The molecule has 0 radical (unpaired) electrons. The fraction of sp³-hybridized carbons (Fsp3) is 0.429. The maximum atomic E-state index is 4.51. The summed E-state index contributed by atoms with van der Waals surface area (Å²) < 4.78 is 2.31. The van der Waals surface area contributed by atoms with Crippen molar-refractivity contribution in [3.63, 3.8) is 0 Å². The maximum Gasteiger partial charge on any atom is 0.141 e. The van der Waals surface area contributed by atoms with Crippen LogP contribution in [0.2, 0.25) is 0 Å². The molecule has 0 bridgehead atoms. The lowest BCUT2D eigenvalue weighted by atomic mass is 9.90. The summed E-state index contributed by atoms with van der Waals surface area (Å²) in [7, 11) is 0. The van der Waals surface area contributed by atoms with Crippen LogP contribution in [0.25, 0.3) is 11.4 Å². The Morgan fingerprint density at radius 1 is 1.26 bits per heavy atom. The van der Waals surface area contributed by atoms with Crippen molar-refractivity contribution in [2.75, 3.05) is 13.1 Å². The lowest BCUT2D eigenvalue weighted by molar-refractivity contribution is 0.233. The number of hydrogen-bond acceptors (Lipinski definition) is 3. The Kier molecular flexibility index (Phi) is 4.22. The highest BCUT2D eigenvalue weighted by atomic mass is 35.5. The van der Waals surface area contributed by atoms with E-state index in [9.17, 15) is 0 Å². The van der Waals surface area contributed by atoms with Crippen LogP contribution in [0.15, 0.2) is 36.9 Å². The van der Waals surface area contributed by atoms with Crippen molar-refractivity contribution in [1.29, 1.82) is 0 Å². The van der Waals surface area contributed by atoms with E-state index < -0.39 is 0 Å². The molecule has 2 aromatic heterocycles. The Morgan fingerprint density at radius 2 is 2.05 bits per heavy atom. The number of pyridine rings is 1. The van der Waals surface area contributed by atoms with Gasteiger partial charge in [0.2, 0.25) is 0 Å². The van der Waals surface area contributed by atoms with Gasteiger partial charge in [0, 0.05) is 35.9 Å². The second-order valence-corrected chi connectivity index (χ2v) is 5.11. The summed E-state index contributed by atoms with van der Waals surface area (Å²) in [5, 5.41) is 3.42. The molecule has 0 spiro atoms. The fourth-order valence-electron chi connectivity index (χ4n) is 2.65. The Labute approximate surface area is 119 Å². The van der Waals surface area contributed by atoms with E-state index in [2.05, 4.69) is 39.0 Å². The van der Waals surface area contributed by atoms with Gasteiger partial charge >= 0.3 is 0 Å². The van der Waals surface area contributed by atoms with Crippen molar-refractivity contribution in [3.05, 3.63) is 36.9 Å². The summed E-state index contributed by atoms with van der Waals surface area (Å²) in [5.74, 6) is 1.02. The lowest BCUT2D eigenvalue weighted by Crippen LogP contribution is -2.41. The summed E-state index contributed by atoms with van der Waals surface area (Å²) in [6.45, 7) is 4.46. The van der Waals surface area contributed by atoms with Gasteiger partial charge in [0.25, 0.3) is 0 Å². The van der Waals surface area contributed by atoms with E-state index in [-0.39, 0.29) is 17.9 Å². The Morgan fingerprint density at radius 3 is 2.74 bits per heavy atom. The molecule has 0 unspecified atom stereocenters. The number of nitrogens with one attached hydrogen (secondary N) is 1. The molecule has 1 N–H and O–H groups in total. The first-order valence-electron chi connectivity index (χ1n) is 6.45. The quantitative estimate of drug-likeness (QED) is 0.918. The number of imidazole rings is 1. The van der Waals surface area contributed by atoms with Gasteiger partial charge < -0.3 is 9.88 Å². The molecule has 0 saturated carbocycles. The van der Waals surface area contributed by atoms with E-state index in [0.717, 1.165) is 37.3 Å². The highest BCUT2D eigenvalue weighted by molar-refractivity contribution is 5.85. The van der Waals surface area contributed by atoms with Crippen LogP contribution < -0.4 is 5.32 Å². The Bertz CT molecular complexity index is 517. The smallest absolute Gasteiger partial charge is 0.141 e. The number of halogens is 1. The van der Waals surface area contributed by atoms with E-state index >= 15 is 0 Å². The summed E-state index contributed by atoms with van der Waals surface area (Å²) in [5.41, 5.74) is 1.25. The molecule has 19 heavy (non-hydrogen) atoms. The largest absolute Gasteiger partial charge is 0.325 e.